The molecule has 0 saturated carbocycles. The molecule has 0 aliphatic rings. The van der Waals surface area contributed by atoms with Crippen molar-refractivity contribution in [1.82, 2.24) is 5.32 Å². The highest BCUT2D eigenvalue weighted by Crippen LogP contribution is 2.11. The fourth-order valence-corrected chi connectivity index (χ4v) is 1.53. The van der Waals surface area contributed by atoms with Crippen LogP contribution in [0.2, 0.25) is 0 Å². The Morgan fingerprint density at radius 1 is 1.26 bits per heavy atom. The van der Waals surface area contributed by atoms with E-state index in [9.17, 15) is 4.79 Å². The summed E-state index contributed by atoms with van der Waals surface area (Å²) in [5.41, 5.74) is 7.83. The van der Waals surface area contributed by atoms with Gasteiger partial charge in [-0.05, 0) is 12.5 Å². The number of nitrogens with two attached hydrogens (primary N) is 1. The Morgan fingerprint density at radius 3 is 2.58 bits per heavy atom. The number of aryl methyl sites for hydroxylation is 1. The van der Waals surface area contributed by atoms with Crippen LogP contribution >= 0.6 is 0 Å². The zero-order valence-corrected chi connectivity index (χ0v) is 11.5. The highest BCUT2D eigenvalue weighted by atomic mass is 16.5. The van der Waals surface area contributed by atoms with Crippen molar-refractivity contribution < 1.29 is 14.3 Å². The van der Waals surface area contributed by atoms with Crippen molar-refractivity contribution in [2.24, 2.45) is 5.73 Å². The highest BCUT2D eigenvalue weighted by molar-refractivity contribution is 5.82. The summed E-state index contributed by atoms with van der Waals surface area (Å²) in [5, 5.41) is 2.74. The van der Waals surface area contributed by atoms with Crippen molar-refractivity contribution in [3.05, 3.63) is 35.4 Å². The molecule has 1 amide bonds. The van der Waals surface area contributed by atoms with E-state index in [1.807, 2.05) is 31.2 Å². The minimum atomic E-state index is -0.639. The van der Waals surface area contributed by atoms with Crippen LogP contribution in [-0.4, -0.2) is 39.4 Å². The van der Waals surface area contributed by atoms with Crippen LogP contribution in [0.4, 0.5) is 0 Å². The summed E-state index contributed by atoms with van der Waals surface area (Å²) in [6.45, 7) is 3.97. The van der Waals surface area contributed by atoms with E-state index < -0.39 is 6.04 Å². The Labute approximate surface area is 114 Å². The van der Waals surface area contributed by atoms with Gasteiger partial charge >= 0.3 is 0 Å². The molecule has 5 heteroatoms. The van der Waals surface area contributed by atoms with Crippen molar-refractivity contribution in [2.75, 3.05) is 33.5 Å². The Morgan fingerprint density at radius 2 is 1.95 bits per heavy atom. The zero-order chi connectivity index (χ0) is 14.1. The van der Waals surface area contributed by atoms with Gasteiger partial charge in [0.25, 0.3) is 0 Å². The Bertz CT molecular complexity index is 379. The summed E-state index contributed by atoms with van der Waals surface area (Å²) < 4.78 is 10.1. The number of rotatable bonds is 8. The average Bonchev–Trinajstić information content (AvgIpc) is 2.42. The van der Waals surface area contributed by atoms with Gasteiger partial charge < -0.3 is 20.5 Å². The van der Waals surface area contributed by atoms with E-state index in [1.165, 1.54) is 0 Å². The first-order valence-corrected chi connectivity index (χ1v) is 6.31. The topological polar surface area (TPSA) is 73.6 Å². The van der Waals surface area contributed by atoms with Gasteiger partial charge in [0.1, 0.15) is 6.04 Å². The number of ether oxygens (including phenoxy) is 2. The van der Waals surface area contributed by atoms with Crippen LogP contribution in [-0.2, 0) is 14.3 Å². The Kier molecular flexibility index (Phi) is 7.10. The monoisotopic (exact) mass is 266 g/mol. The molecule has 0 aliphatic carbocycles. The summed E-state index contributed by atoms with van der Waals surface area (Å²) in [7, 11) is 1.62. The van der Waals surface area contributed by atoms with Gasteiger partial charge in [-0.15, -0.1) is 0 Å². The number of amides is 1. The van der Waals surface area contributed by atoms with Crippen LogP contribution in [0.25, 0.3) is 0 Å². The van der Waals surface area contributed by atoms with Crippen molar-refractivity contribution in [1.29, 1.82) is 0 Å². The third kappa shape index (κ3) is 5.83. The summed E-state index contributed by atoms with van der Waals surface area (Å²) in [5.74, 6) is -0.195. The molecule has 1 rings (SSSR count). The normalized spacial score (nSPS) is 12.2. The maximum atomic E-state index is 11.8. The third-order valence-corrected chi connectivity index (χ3v) is 2.70. The molecule has 0 spiro atoms. The molecule has 0 aliphatic heterocycles. The first-order chi connectivity index (χ1) is 9.15. The van der Waals surface area contributed by atoms with Crippen molar-refractivity contribution in [3.63, 3.8) is 0 Å². The lowest BCUT2D eigenvalue weighted by Gasteiger charge is -2.13. The largest absolute Gasteiger partial charge is 0.382 e. The zero-order valence-electron chi connectivity index (χ0n) is 11.5. The SMILES string of the molecule is COCCOCCNC(=O)C(N)c1ccc(C)cc1. The molecule has 0 fully saturated rings. The minimum absolute atomic E-state index is 0.195. The van der Waals surface area contributed by atoms with E-state index in [1.54, 1.807) is 7.11 Å². The van der Waals surface area contributed by atoms with E-state index in [4.69, 9.17) is 15.2 Å². The quantitative estimate of drug-likeness (QED) is 0.682. The standard InChI is InChI=1S/C14H22N2O3/c1-11-3-5-12(6-4-11)13(15)14(17)16-7-8-19-10-9-18-2/h3-6,13H,7-10,15H2,1-2H3,(H,16,17). The van der Waals surface area contributed by atoms with Gasteiger partial charge in [0.05, 0.1) is 19.8 Å². The maximum absolute atomic E-state index is 11.8. The molecule has 19 heavy (non-hydrogen) atoms. The molecule has 106 valence electrons. The molecule has 5 nitrogen and oxygen atoms in total. The van der Waals surface area contributed by atoms with Crippen LogP contribution in [0, 0.1) is 6.92 Å². The lowest BCUT2D eigenvalue weighted by atomic mass is 10.1. The molecule has 0 aromatic heterocycles. The predicted octanol–water partition coefficient (Wildman–Crippen LogP) is 0.774. The molecule has 0 bridgehead atoms. The van der Waals surface area contributed by atoms with Crippen LogP contribution in [0.3, 0.4) is 0 Å². The van der Waals surface area contributed by atoms with Gasteiger partial charge in [-0.2, -0.15) is 0 Å². The second kappa shape index (κ2) is 8.63. The van der Waals surface area contributed by atoms with Gasteiger partial charge in [0, 0.05) is 13.7 Å². The highest BCUT2D eigenvalue weighted by Gasteiger charge is 2.14. The van der Waals surface area contributed by atoms with Gasteiger partial charge in [0.2, 0.25) is 5.91 Å². The van der Waals surface area contributed by atoms with Crippen molar-refractivity contribution >= 4 is 5.91 Å². The summed E-state index contributed by atoms with van der Waals surface area (Å²) in [6, 6.07) is 6.98. The molecule has 1 unspecified atom stereocenters. The van der Waals surface area contributed by atoms with Crippen molar-refractivity contribution in [2.45, 2.75) is 13.0 Å². The molecule has 0 heterocycles. The second-order valence-corrected chi connectivity index (χ2v) is 4.28. The molecular formula is C14H22N2O3. The van der Waals surface area contributed by atoms with Gasteiger partial charge in [0.15, 0.2) is 0 Å². The molecule has 1 atom stereocenters. The maximum Gasteiger partial charge on any atom is 0.241 e. The number of hydrogen-bond acceptors (Lipinski definition) is 4. The fourth-order valence-electron chi connectivity index (χ4n) is 1.53. The molecule has 1 aromatic carbocycles. The summed E-state index contributed by atoms with van der Waals surface area (Å²) in [4.78, 5) is 11.8. The molecule has 0 saturated heterocycles. The van der Waals surface area contributed by atoms with Gasteiger partial charge in [-0.3, -0.25) is 4.79 Å². The van der Waals surface area contributed by atoms with E-state index in [2.05, 4.69) is 5.32 Å². The average molecular weight is 266 g/mol. The van der Waals surface area contributed by atoms with Crippen LogP contribution in [0.1, 0.15) is 17.2 Å². The Balaban J connectivity index is 2.27. The van der Waals surface area contributed by atoms with Crippen molar-refractivity contribution in [3.8, 4) is 0 Å². The number of nitrogens with one attached hydrogen (secondary N) is 1. The lowest BCUT2D eigenvalue weighted by Crippen LogP contribution is -2.36. The predicted molar refractivity (Wildman–Crippen MR) is 73.8 cm³/mol. The molecular weight excluding hydrogens is 244 g/mol. The first-order valence-electron chi connectivity index (χ1n) is 6.31. The van der Waals surface area contributed by atoms with E-state index in [-0.39, 0.29) is 5.91 Å². The number of hydrogen-bond donors (Lipinski definition) is 2. The summed E-state index contributed by atoms with van der Waals surface area (Å²) in [6.07, 6.45) is 0. The van der Waals surface area contributed by atoms with Crippen LogP contribution in [0.5, 0.6) is 0 Å². The van der Waals surface area contributed by atoms with E-state index >= 15 is 0 Å². The number of carbonyl (C=O) groups excluding carboxylic acids is 1. The minimum Gasteiger partial charge on any atom is -0.382 e. The Hall–Kier alpha value is -1.43. The third-order valence-electron chi connectivity index (χ3n) is 2.70. The number of carbonyl (C=O) groups is 1. The molecule has 3 N–H and O–H groups in total. The van der Waals surface area contributed by atoms with E-state index in [0.717, 1.165) is 11.1 Å². The molecule has 1 aromatic rings. The van der Waals surface area contributed by atoms with E-state index in [0.29, 0.717) is 26.4 Å². The smallest absolute Gasteiger partial charge is 0.241 e. The number of methoxy groups -OCH3 is 1. The lowest BCUT2D eigenvalue weighted by molar-refractivity contribution is -0.122. The first kappa shape index (κ1) is 15.6. The van der Waals surface area contributed by atoms with Gasteiger partial charge in [-0.25, -0.2) is 0 Å². The fraction of sp³-hybridized carbons (Fsp3) is 0.500. The number of benzene rings is 1. The summed E-state index contributed by atoms with van der Waals surface area (Å²) >= 11 is 0. The molecule has 0 radical (unpaired) electrons. The van der Waals surface area contributed by atoms with Gasteiger partial charge in [-0.1, -0.05) is 29.8 Å². The van der Waals surface area contributed by atoms with Crippen LogP contribution in [0.15, 0.2) is 24.3 Å². The van der Waals surface area contributed by atoms with Crippen LogP contribution < -0.4 is 11.1 Å². The second-order valence-electron chi connectivity index (χ2n) is 4.28.